The van der Waals surface area contributed by atoms with Gasteiger partial charge in [-0.25, -0.2) is 14.4 Å². The van der Waals surface area contributed by atoms with Gasteiger partial charge in [0.05, 0.1) is 11.7 Å². The SMILES string of the molecule is COP(=O)(CCC(C(=O)O)N(C=O)OCc1ccccc1)Oc1ccc(C(F)(F)F)cc1. The zero-order chi connectivity index (χ0) is 23.8. The van der Waals surface area contributed by atoms with Gasteiger partial charge in [0.25, 0.3) is 0 Å². The number of hydrogen-bond donors (Lipinski definition) is 1. The lowest BCUT2D eigenvalue weighted by Gasteiger charge is -2.25. The van der Waals surface area contributed by atoms with Gasteiger partial charge in [-0.3, -0.25) is 9.63 Å². The van der Waals surface area contributed by atoms with Gasteiger partial charge in [0.15, 0.2) is 6.04 Å². The third-order valence-electron chi connectivity index (χ3n) is 4.30. The van der Waals surface area contributed by atoms with E-state index >= 15 is 0 Å². The van der Waals surface area contributed by atoms with E-state index in [0.717, 1.165) is 31.4 Å². The lowest BCUT2D eigenvalue weighted by molar-refractivity contribution is -0.200. The third-order valence-corrected chi connectivity index (χ3v) is 6.15. The summed E-state index contributed by atoms with van der Waals surface area (Å²) in [4.78, 5) is 28.3. The van der Waals surface area contributed by atoms with Crippen LogP contribution in [-0.2, 0) is 36.3 Å². The summed E-state index contributed by atoms with van der Waals surface area (Å²) in [5.41, 5.74) is -0.225. The molecule has 0 radical (unpaired) electrons. The molecule has 0 aliphatic heterocycles. The first kappa shape index (κ1) is 25.4. The van der Waals surface area contributed by atoms with Crippen molar-refractivity contribution in [2.24, 2.45) is 0 Å². The number of alkyl halides is 3. The monoisotopic (exact) mass is 475 g/mol. The molecule has 0 fully saturated rings. The number of benzene rings is 2. The van der Waals surface area contributed by atoms with Gasteiger partial charge in [-0.2, -0.15) is 13.2 Å². The highest BCUT2D eigenvalue weighted by molar-refractivity contribution is 7.54. The van der Waals surface area contributed by atoms with Crippen molar-refractivity contribution in [3.05, 3.63) is 65.7 Å². The summed E-state index contributed by atoms with van der Waals surface area (Å²) in [5, 5.41) is 10.1. The molecule has 2 aromatic carbocycles. The highest BCUT2D eigenvalue weighted by Crippen LogP contribution is 2.48. The average Bonchev–Trinajstić information content (AvgIpc) is 2.76. The number of rotatable bonds is 12. The molecule has 12 heteroatoms. The second-order valence-electron chi connectivity index (χ2n) is 6.50. The van der Waals surface area contributed by atoms with Gasteiger partial charge in [-0.05, 0) is 36.2 Å². The van der Waals surface area contributed by atoms with Gasteiger partial charge >= 0.3 is 19.7 Å². The third kappa shape index (κ3) is 7.37. The summed E-state index contributed by atoms with van der Waals surface area (Å²) in [7, 11) is -2.88. The van der Waals surface area contributed by atoms with E-state index in [9.17, 15) is 32.4 Å². The number of carboxylic acids is 1. The topological polar surface area (TPSA) is 102 Å². The van der Waals surface area contributed by atoms with Crippen LogP contribution in [0.4, 0.5) is 13.2 Å². The fraction of sp³-hybridized carbons (Fsp3) is 0.300. The van der Waals surface area contributed by atoms with Crippen molar-refractivity contribution in [3.63, 3.8) is 0 Å². The second kappa shape index (κ2) is 11.1. The number of nitrogens with zero attached hydrogens (tertiary/aromatic N) is 1. The summed E-state index contributed by atoms with van der Waals surface area (Å²) in [6, 6.07) is 10.6. The summed E-state index contributed by atoms with van der Waals surface area (Å²) in [5.74, 6) is -1.56. The van der Waals surface area contributed by atoms with Crippen LogP contribution < -0.4 is 4.52 Å². The molecule has 2 atom stereocenters. The molecule has 32 heavy (non-hydrogen) atoms. The van der Waals surface area contributed by atoms with Crippen molar-refractivity contribution >= 4 is 20.0 Å². The predicted octanol–water partition coefficient (Wildman–Crippen LogP) is 4.36. The highest BCUT2D eigenvalue weighted by Gasteiger charge is 2.33. The Kier molecular flexibility index (Phi) is 8.82. The van der Waals surface area contributed by atoms with Crippen molar-refractivity contribution in [2.45, 2.75) is 25.2 Å². The molecule has 1 N–H and O–H groups in total. The normalized spacial score (nSPS) is 14.2. The molecule has 174 valence electrons. The Bertz CT molecular complexity index is 938. The molecule has 0 spiro atoms. The molecule has 0 aromatic heterocycles. The Morgan fingerprint density at radius 3 is 2.28 bits per heavy atom. The van der Waals surface area contributed by atoms with Crippen molar-refractivity contribution in [1.82, 2.24) is 5.06 Å². The Labute approximate surface area is 182 Å². The molecule has 0 heterocycles. The molecular formula is C20H21F3NO7P. The number of aliphatic carboxylic acids is 1. The lowest BCUT2D eigenvalue weighted by atomic mass is 10.2. The summed E-state index contributed by atoms with van der Waals surface area (Å²) in [6.45, 7) is -0.0760. The van der Waals surface area contributed by atoms with Crippen molar-refractivity contribution in [1.29, 1.82) is 0 Å². The predicted molar refractivity (Wildman–Crippen MR) is 107 cm³/mol. The quantitative estimate of drug-likeness (QED) is 0.277. The molecule has 0 saturated carbocycles. The molecule has 0 saturated heterocycles. The van der Waals surface area contributed by atoms with Gasteiger partial charge < -0.3 is 14.2 Å². The minimum absolute atomic E-state index is 0.0760. The molecule has 0 aliphatic rings. The Morgan fingerprint density at radius 2 is 1.78 bits per heavy atom. The van der Waals surface area contributed by atoms with Crippen LogP contribution in [0.2, 0.25) is 0 Å². The maximum atomic E-state index is 12.8. The number of carboxylic acid groups (broad SMARTS) is 1. The number of amides is 1. The van der Waals surface area contributed by atoms with E-state index < -0.39 is 37.5 Å². The van der Waals surface area contributed by atoms with Crippen molar-refractivity contribution < 1.29 is 46.3 Å². The largest absolute Gasteiger partial charge is 0.480 e. The Morgan fingerprint density at radius 1 is 1.16 bits per heavy atom. The number of halogens is 3. The van der Waals surface area contributed by atoms with E-state index in [4.69, 9.17) is 13.9 Å². The second-order valence-corrected chi connectivity index (χ2v) is 8.71. The van der Waals surface area contributed by atoms with E-state index in [1.165, 1.54) is 0 Å². The first-order valence-corrected chi connectivity index (χ1v) is 11.0. The molecular weight excluding hydrogens is 454 g/mol. The van der Waals surface area contributed by atoms with Crippen molar-refractivity contribution in [2.75, 3.05) is 13.3 Å². The summed E-state index contributed by atoms with van der Waals surface area (Å²) >= 11 is 0. The van der Waals surface area contributed by atoms with E-state index in [0.29, 0.717) is 10.6 Å². The van der Waals surface area contributed by atoms with Crippen LogP contribution >= 0.6 is 7.60 Å². The fourth-order valence-electron chi connectivity index (χ4n) is 2.60. The van der Waals surface area contributed by atoms with Gasteiger partial charge in [-0.1, -0.05) is 30.3 Å². The summed E-state index contributed by atoms with van der Waals surface area (Å²) in [6.07, 6.45) is -5.17. The van der Waals surface area contributed by atoms with Crippen LogP contribution in [0.1, 0.15) is 17.5 Å². The minimum Gasteiger partial charge on any atom is -0.480 e. The van der Waals surface area contributed by atoms with E-state index in [1.807, 2.05) is 0 Å². The average molecular weight is 475 g/mol. The highest BCUT2D eigenvalue weighted by atomic mass is 31.2. The summed E-state index contributed by atoms with van der Waals surface area (Å²) < 4.78 is 60.9. The molecule has 8 nitrogen and oxygen atoms in total. The first-order chi connectivity index (χ1) is 15.1. The van der Waals surface area contributed by atoms with E-state index in [2.05, 4.69) is 0 Å². The molecule has 2 unspecified atom stereocenters. The van der Waals surface area contributed by atoms with Crippen molar-refractivity contribution in [3.8, 4) is 5.75 Å². The van der Waals surface area contributed by atoms with E-state index in [-0.39, 0.29) is 25.2 Å². The zero-order valence-electron chi connectivity index (χ0n) is 16.9. The molecule has 1 amide bonds. The maximum Gasteiger partial charge on any atom is 0.416 e. The number of carbonyl (C=O) groups excluding carboxylic acids is 1. The Hall–Kier alpha value is -2.88. The minimum atomic E-state index is -4.55. The van der Waals surface area contributed by atoms with Gasteiger partial charge in [-0.15, -0.1) is 0 Å². The first-order valence-electron chi connectivity index (χ1n) is 9.23. The number of carbonyl (C=O) groups is 2. The van der Waals surface area contributed by atoms with Crippen LogP contribution in [0.3, 0.4) is 0 Å². The van der Waals surface area contributed by atoms with Gasteiger partial charge in [0.1, 0.15) is 12.4 Å². The number of hydroxylamine groups is 2. The van der Waals surface area contributed by atoms with Crippen LogP contribution in [0.5, 0.6) is 5.75 Å². The molecule has 2 aromatic rings. The van der Waals surface area contributed by atoms with Crippen LogP contribution in [-0.4, -0.2) is 41.9 Å². The number of hydrogen-bond acceptors (Lipinski definition) is 6. The fourth-order valence-corrected chi connectivity index (χ4v) is 3.95. The maximum absolute atomic E-state index is 12.8. The van der Waals surface area contributed by atoms with Crippen LogP contribution in [0, 0.1) is 0 Å². The zero-order valence-corrected chi connectivity index (χ0v) is 17.8. The van der Waals surface area contributed by atoms with Crippen LogP contribution in [0.25, 0.3) is 0 Å². The molecule has 0 aliphatic carbocycles. The lowest BCUT2D eigenvalue weighted by Crippen LogP contribution is -2.41. The smallest absolute Gasteiger partial charge is 0.416 e. The molecule has 2 rings (SSSR count). The van der Waals surface area contributed by atoms with Crippen LogP contribution in [0.15, 0.2) is 54.6 Å². The van der Waals surface area contributed by atoms with E-state index in [1.54, 1.807) is 30.3 Å². The van der Waals surface area contributed by atoms with Gasteiger partial charge in [0.2, 0.25) is 6.41 Å². The Balaban J connectivity index is 2.05. The molecule has 0 bridgehead atoms. The standard InChI is InChI=1S/C20H21F3NO7P/c1-29-32(28,31-17-9-7-16(8-10-17)20(21,22)23)12-11-18(19(26)27)24(14-25)30-13-15-5-3-2-4-6-15/h2-10,14,18H,11-13H2,1H3,(H,26,27). The van der Waals surface area contributed by atoms with Gasteiger partial charge in [0, 0.05) is 7.11 Å².